The van der Waals surface area contributed by atoms with Crippen LogP contribution < -0.4 is 10.6 Å². The molecule has 1 saturated heterocycles. The van der Waals surface area contributed by atoms with Crippen molar-refractivity contribution in [1.82, 2.24) is 10.6 Å². The standard InChI is InChI=1S/C12H14N2O3.H2O/c1-7-11(16)14-10(12(17)13-7)6-8-2-4-9(15)5-3-8;/h2-5,7,10,15H,6H2,1H3,(H,13,17)(H,14,16);1H2/t7-,10+;/m1./s1. The molecule has 1 aromatic carbocycles. The summed E-state index contributed by atoms with van der Waals surface area (Å²) in [6.07, 6.45) is 0.421. The van der Waals surface area contributed by atoms with Gasteiger partial charge in [-0.3, -0.25) is 9.59 Å². The van der Waals surface area contributed by atoms with Gasteiger partial charge < -0.3 is 21.2 Å². The molecule has 2 atom stereocenters. The number of nitrogens with one attached hydrogen (secondary N) is 2. The van der Waals surface area contributed by atoms with Crippen molar-refractivity contribution in [2.75, 3.05) is 0 Å². The van der Waals surface area contributed by atoms with E-state index in [1.165, 1.54) is 0 Å². The maximum Gasteiger partial charge on any atom is 0.243 e. The lowest BCUT2D eigenvalue weighted by molar-refractivity contribution is -0.136. The largest absolute Gasteiger partial charge is 0.508 e. The molecule has 0 spiro atoms. The van der Waals surface area contributed by atoms with Crippen LogP contribution >= 0.6 is 0 Å². The van der Waals surface area contributed by atoms with Gasteiger partial charge in [0.1, 0.15) is 17.8 Å². The second kappa shape index (κ2) is 5.50. The molecule has 0 aromatic heterocycles. The lowest BCUT2D eigenvalue weighted by Crippen LogP contribution is -2.61. The van der Waals surface area contributed by atoms with E-state index in [0.717, 1.165) is 5.56 Å². The Morgan fingerprint density at radius 3 is 2.33 bits per heavy atom. The van der Waals surface area contributed by atoms with E-state index in [0.29, 0.717) is 6.42 Å². The van der Waals surface area contributed by atoms with Crippen LogP contribution in [0.25, 0.3) is 0 Å². The molecule has 98 valence electrons. The molecule has 0 saturated carbocycles. The van der Waals surface area contributed by atoms with Crippen LogP contribution in [0.2, 0.25) is 0 Å². The van der Waals surface area contributed by atoms with Gasteiger partial charge >= 0.3 is 0 Å². The maximum absolute atomic E-state index is 11.6. The first kappa shape index (κ1) is 14.0. The first-order chi connectivity index (χ1) is 8.06. The van der Waals surface area contributed by atoms with E-state index in [1.54, 1.807) is 31.2 Å². The van der Waals surface area contributed by atoms with Gasteiger partial charge in [-0.15, -0.1) is 0 Å². The number of benzene rings is 1. The molecule has 0 bridgehead atoms. The quantitative estimate of drug-likeness (QED) is 0.635. The summed E-state index contributed by atoms with van der Waals surface area (Å²) in [4.78, 5) is 23.1. The molecule has 1 fully saturated rings. The third kappa shape index (κ3) is 2.98. The number of phenolic OH excluding ortho intramolecular Hbond substituents is 1. The van der Waals surface area contributed by atoms with Crippen molar-refractivity contribution in [1.29, 1.82) is 0 Å². The molecule has 6 nitrogen and oxygen atoms in total. The number of hydrogen-bond donors (Lipinski definition) is 3. The molecule has 0 unspecified atom stereocenters. The Morgan fingerprint density at radius 1 is 1.11 bits per heavy atom. The molecule has 1 aliphatic heterocycles. The summed E-state index contributed by atoms with van der Waals surface area (Å²) in [7, 11) is 0. The van der Waals surface area contributed by atoms with Crippen molar-refractivity contribution >= 4 is 11.8 Å². The van der Waals surface area contributed by atoms with E-state index in [1.807, 2.05) is 0 Å². The van der Waals surface area contributed by atoms with E-state index in [-0.39, 0.29) is 23.0 Å². The lowest BCUT2D eigenvalue weighted by Gasteiger charge is -2.27. The lowest BCUT2D eigenvalue weighted by atomic mass is 10.0. The smallest absolute Gasteiger partial charge is 0.243 e. The predicted octanol–water partition coefficient (Wildman–Crippen LogP) is -0.887. The van der Waals surface area contributed by atoms with Crippen LogP contribution in [0.1, 0.15) is 12.5 Å². The maximum atomic E-state index is 11.6. The summed E-state index contributed by atoms with van der Waals surface area (Å²) >= 11 is 0. The molecule has 2 amide bonds. The van der Waals surface area contributed by atoms with E-state index in [2.05, 4.69) is 10.6 Å². The highest BCUT2D eigenvalue weighted by atomic mass is 16.3. The number of rotatable bonds is 2. The zero-order valence-corrected chi connectivity index (χ0v) is 9.93. The normalized spacial score (nSPS) is 22.7. The third-order valence-electron chi connectivity index (χ3n) is 2.76. The zero-order valence-electron chi connectivity index (χ0n) is 9.93. The monoisotopic (exact) mass is 252 g/mol. The molecular weight excluding hydrogens is 236 g/mol. The topological polar surface area (TPSA) is 110 Å². The number of piperazine rings is 1. The molecule has 1 aromatic rings. The van der Waals surface area contributed by atoms with Gasteiger partial charge in [-0.25, -0.2) is 0 Å². The second-order valence-electron chi connectivity index (χ2n) is 4.16. The number of amides is 2. The molecule has 0 radical (unpaired) electrons. The van der Waals surface area contributed by atoms with E-state index >= 15 is 0 Å². The van der Waals surface area contributed by atoms with Crippen LogP contribution in [-0.4, -0.2) is 34.5 Å². The highest BCUT2D eigenvalue weighted by molar-refractivity contribution is 5.96. The Morgan fingerprint density at radius 2 is 1.72 bits per heavy atom. The number of carbonyl (C=O) groups excluding carboxylic acids is 2. The Kier molecular flexibility index (Phi) is 4.28. The van der Waals surface area contributed by atoms with Gasteiger partial charge in [-0.2, -0.15) is 0 Å². The van der Waals surface area contributed by atoms with Crippen LogP contribution in [-0.2, 0) is 16.0 Å². The molecule has 1 aliphatic rings. The average Bonchev–Trinajstić information content (AvgIpc) is 2.29. The SMILES string of the molecule is C[C@H]1NC(=O)[C@H](Cc2ccc(O)cc2)NC1=O.O. The Labute approximate surface area is 104 Å². The molecule has 5 N–H and O–H groups in total. The van der Waals surface area contributed by atoms with Gasteiger partial charge in [-0.1, -0.05) is 12.1 Å². The van der Waals surface area contributed by atoms with Crippen molar-refractivity contribution in [3.63, 3.8) is 0 Å². The van der Waals surface area contributed by atoms with Crippen molar-refractivity contribution < 1.29 is 20.2 Å². The minimum Gasteiger partial charge on any atom is -0.508 e. The van der Waals surface area contributed by atoms with E-state index in [4.69, 9.17) is 5.11 Å². The molecule has 2 rings (SSSR count). The fourth-order valence-corrected chi connectivity index (χ4v) is 1.75. The molecular formula is C12H16N2O4. The summed E-state index contributed by atoms with van der Waals surface area (Å²) in [5.41, 5.74) is 0.887. The minimum atomic E-state index is -0.539. The van der Waals surface area contributed by atoms with Crippen molar-refractivity contribution in [3.05, 3.63) is 29.8 Å². The number of phenols is 1. The van der Waals surface area contributed by atoms with Gasteiger partial charge in [0.15, 0.2) is 0 Å². The van der Waals surface area contributed by atoms with Crippen LogP contribution in [0.4, 0.5) is 0 Å². The van der Waals surface area contributed by atoms with Gasteiger partial charge in [0.25, 0.3) is 0 Å². The highest BCUT2D eigenvalue weighted by Crippen LogP contribution is 2.12. The molecule has 6 heteroatoms. The number of carbonyl (C=O) groups is 2. The number of hydrogen-bond acceptors (Lipinski definition) is 3. The third-order valence-corrected chi connectivity index (χ3v) is 2.76. The predicted molar refractivity (Wildman–Crippen MR) is 65.0 cm³/mol. The first-order valence-electron chi connectivity index (χ1n) is 5.45. The molecule has 0 aliphatic carbocycles. The van der Waals surface area contributed by atoms with Crippen molar-refractivity contribution in [2.45, 2.75) is 25.4 Å². The second-order valence-corrected chi connectivity index (χ2v) is 4.16. The van der Waals surface area contributed by atoms with Crippen molar-refractivity contribution in [3.8, 4) is 5.75 Å². The van der Waals surface area contributed by atoms with Crippen molar-refractivity contribution in [2.24, 2.45) is 0 Å². The summed E-state index contributed by atoms with van der Waals surface area (Å²) in [5.74, 6) is -0.168. The Balaban J connectivity index is 0.00000162. The summed E-state index contributed by atoms with van der Waals surface area (Å²) in [5, 5.41) is 14.4. The fourth-order valence-electron chi connectivity index (χ4n) is 1.75. The first-order valence-corrected chi connectivity index (χ1v) is 5.45. The Hall–Kier alpha value is -2.08. The number of aromatic hydroxyl groups is 1. The van der Waals surface area contributed by atoms with Crippen LogP contribution in [0.5, 0.6) is 5.75 Å². The van der Waals surface area contributed by atoms with Crippen LogP contribution in [0.3, 0.4) is 0 Å². The van der Waals surface area contributed by atoms with Gasteiger partial charge in [0.2, 0.25) is 11.8 Å². The summed E-state index contributed by atoms with van der Waals surface area (Å²) in [6.45, 7) is 1.64. The summed E-state index contributed by atoms with van der Waals surface area (Å²) < 4.78 is 0. The molecule has 1 heterocycles. The van der Waals surface area contributed by atoms with Crippen LogP contribution in [0, 0.1) is 0 Å². The van der Waals surface area contributed by atoms with Gasteiger partial charge in [0, 0.05) is 6.42 Å². The average molecular weight is 252 g/mol. The van der Waals surface area contributed by atoms with E-state index < -0.39 is 12.1 Å². The molecule has 18 heavy (non-hydrogen) atoms. The van der Waals surface area contributed by atoms with Gasteiger partial charge in [-0.05, 0) is 24.6 Å². The van der Waals surface area contributed by atoms with E-state index in [9.17, 15) is 9.59 Å². The van der Waals surface area contributed by atoms with Crippen LogP contribution in [0.15, 0.2) is 24.3 Å². The minimum absolute atomic E-state index is 0. The summed E-state index contributed by atoms with van der Waals surface area (Å²) in [6, 6.07) is 5.56. The highest BCUT2D eigenvalue weighted by Gasteiger charge is 2.30. The fraction of sp³-hybridized carbons (Fsp3) is 0.333. The Bertz CT molecular complexity index is 444. The van der Waals surface area contributed by atoms with Gasteiger partial charge in [0.05, 0.1) is 0 Å². The zero-order chi connectivity index (χ0) is 12.4.